The van der Waals surface area contributed by atoms with E-state index in [1.165, 1.54) is 0 Å². The molecular weight excluding hydrogens is 521 g/mol. The van der Waals surface area contributed by atoms with Gasteiger partial charge in [0.05, 0.1) is 30.9 Å². The van der Waals surface area contributed by atoms with Gasteiger partial charge in [0, 0.05) is 37.2 Å². The van der Waals surface area contributed by atoms with E-state index >= 15 is 0 Å². The van der Waals surface area contributed by atoms with Gasteiger partial charge in [0.2, 0.25) is 17.7 Å². The summed E-state index contributed by atoms with van der Waals surface area (Å²) in [7, 11) is 0. The summed E-state index contributed by atoms with van der Waals surface area (Å²) in [6.45, 7) is 2.87. The number of ether oxygens (including phenoxy) is 2. The van der Waals surface area contributed by atoms with Crippen molar-refractivity contribution in [2.75, 3.05) is 49.7 Å². The second-order valence-electron chi connectivity index (χ2n) is 7.57. The van der Waals surface area contributed by atoms with Gasteiger partial charge in [-0.25, -0.2) is 0 Å². The van der Waals surface area contributed by atoms with Gasteiger partial charge < -0.3 is 25.4 Å². The summed E-state index contributed by atoms with van der Waals surface area (Å²) in [5, 5.41) is 9.27. The van der Waals surface area contributed by atoms with Crippen LogP contribution >= 0.6 is 34.4 Å². The average Bonchev–Trinajstić information content (AvgIpc) is 3.14. The number of halogens is 1. The SMILES string of the molecule is O=C(CI)NCCOCCOCCNC(=O)CCCCC1SC[C@@H]2CCC(=O)NC12. The molecule has 2 heterocycles. The third-order valence-corrected chi connectivity index (χ3v) is 7.55. The van der Waals surface area contributed by atoms with E-state index in [0.29, 0.717) is 74.0 Å². The van der Waals surface area contributed by atoms with E-state index in [4.69, 9.17) is 9.47 Å². The zero-order valence-electron chi connectivity index (χ0n) is 17.5. The molecule has 2 rings (SSSR count). The average molecular weight is 555 g/mol. The molecule has 0 saturated carbocycles. The summed E-state index contributed by atoms with van der Waals surface area (Å²) in [5.41, 5.74) is 0. The minimum absolute atomic E-state index is 0.00924. The number of carbonyl (C=O) groups is 3. The van der Waals surface area contributed by atoms with Gasteiger partial charge in [0.1, 0.15) is 0 Å². The van der Waals surface area contributed by atoms with Gasteiger partial charge in [-0.1, -0.05) is 29.0 Å². The van der Waals surface area contributed by atoms with Crippen LogP contribution < -0.4 is 16.0 Å². The van der Waals surface area contributed by atoms with Gasteiger partial charge in [-0.15, -0.1) is 0 Å². The summed E-state index contributed by atoms with van der Waals surface area (Å²) in [4.78, 5) is 34.6. The Labute approximate surface area is 196 Å². The minimum Gasteiger partial charge on any atom is -0.377 e. The first-order valence-corrected chi connectivity index (χ1v) is 13.3. The third kappa shape index (κ3) is 10.1. The summed E-state index contributed by atoms with van der Waals surface area (Å²) < 4.78 is 11.2. The molecule has 8 nitrogen and oxygen atoms in total. The molecule has 0 aromatic carbocycles. The molecule has 2 aliphatic rings. The molecule has 3 atom stereocenters. The molecule has 0 aromatic rings. The predicted molar refractivity (Wildman–Crippen MR) is 126 cm³/mol. The van der Waals surface area contributed by atoms with Gasteiger partial charge in [-0.05, 0) is 30.9 Å². The lowest BCUT2D eigenvalue weighted by Crippen LogP contribution is -2.47. The highest BCUT2D eigenvalue weighted by Gasteiger charge is 2.39. The summed E-state index contributed by atoms with van der Waals surface area (Å²) in [6, 6.07) is 0.334. The Hall–Kier alpha value is -0.590. The zero-order chi connectivity index (χ0) is 21.6. The quantitative estimate of drug-likeness (QED) is 0.160. The Morgan fingerprint density at radius 3 is 2.47 bits per heavy atom. The summed E-state index contributed by atoms with van der Waals surface area (Å²) in [6.07, 6.45) is 5.17. The number of unbranched alkanes of at least 4 members (excludes halogenated alkanes) is 1. The molecule has 2 fully saturated rings. The van der Waals surface area contributed by atoms with Crippen LogP contribution in [0.1, 0.15) is 38.5 Å². The fourth-order valence-corrected chi connectivity index (χ4v) is 5.65. The Bertz CT molecular complexity index is 555. The number of amides is 3. The normalized spacial score (nSPS) is 23.0. The minimum atomic E-state index is 0.00924. The molecule has 2 saturated heterocycles. The van der Waals surface area contributed by atoms with Crippen molar-refractivity contribution in [3.8, 4) is 0 Å². The van der Waals surface area contributed by atoms with Gasteiger partial charge >= 0.3 is 0 Å². The molecule has 0 radical (unpaired) electrons. The first-order valence-electron chi connectivity index (χ1n) is 10.8. The molecule has 172 valence electrons. The lowest BCUT2D eigenvalue weighted by atomic mass is 9.89. The highest BCUT2D eigenvalue weighted by molar-refractivity contribution is 14.1. The van der Waals surface area contributed by atoms with E-state index in [1.807, 2.05) is 34.4 Å². The van der Waals surface area contributed by atoms with E-state index in [0.717, 1.165) is 31.4 Å². The zero-order valence-corrected chi connectivity index (χ0v) is 20.4. The van der Waals surface area contributed by atoms with Crippen molar-refractivity contribution in [2.24, 2.45) is 5.92 Å². The highest BCUT2D eigenvalue weighted by atomic mass is 127. The first kappa shape index (κ1) is 25.7. The van der Waals surface area contributed by atoms with Gasteiger partial charge in [0.25, 0.3) is 0 Å². The number of hydrogen-bond donors (Lipinski definition) is 3. The fraction of sp³-hybridized carbons (Fsp3) is 0.850. The Morgan fingerprint density at radius 2 is 1.77 bits per heavy atom. The standard InChI is InChI=1S/C20H34IN3O5S/c21-13-19(27)23-8-10-29-12-11-28-9-7-22-17(25)4-2-1-3-16-20-15(14-30-16)5-6-18(26)24-20/h15-16,20H,1-14H2,(H,22,25)(H,23,27)(H,24,26)/t15-,16?,20?/m0/s1. The Morgan fingerprint density at radius 1 is 1.07 bits per heavy atom. The first-order chi connectivity index (χ1) is 14.6. The monoisotopic (exact) mass is 555 g/mol. The third-order valence-electron chi connectivity index (χ3n) is 5.28. The predicted octanol–water partition coefficient (Wildman–Crippen LogP) is 1.26. The van der Waals surface area contributed by atoms with Crippen LogP contribution in [0.3, 0.4) is 0 Å². The topological polar surface area (TPSA) is 106 Å². The second kappa shape index (κ2) is 15.3. The van der Waals surface area contributed by atoms with E-state index < -0.39 is 0 Å². The maximum absolute atomic E-state index is 11.9. The maximum Gasteiger partial charge on any atom is 0.229 e. The largest absolute Gasteiger partial charge is 0.377 e. The van der Waals surface area contributed by atoms with Crippen molar-refractivity contribution < 1.29 is 23.9 Å². The molecule has 2 unspecified atom stereocenters. The molecule has 0 bridgehead atoms. The van der Waals surface area contributed by atoms with Crippen molar-refractivity contribution in [1.82, 2.24) is 16.0 Å². The van der Waals surface area contributed by atoms with Crippen LogP contribution in [0.2, 0.25) is 0 Å². The number of fused-ring (bicyclic) bond motifs is 1. The highest BCUT2D eigenvalue weighted by Crippen LogP contribution is 2.39. The van der Waals surface area contributed by atoms with E-state index in [1.54, 1.807) is 0 Å². The van der Waals surface area contributed by atoms with Crippen molar-refractivity contribution in [3.05, 3.63) is 0 Å². The van der Waals surface area contributed by atoms with Crippen molar-refractivity contribution >= 4 is 52.1 Å². The van der Waals surface area contributed by atoms with E-state index in [-0.39, 0.29) is 17.7 Å². The second-order valence-corrected chi connectivity index (χ2v) is 9.60. The van der Waals surface area contributed by atoms with Crippen molar-refractivity contribution in [3.63, 3.8) is 0 Å². The molecule has 0 aliphatic carbocycles. The van der Waals surface area contributed by atoms with Crippen LogP contribution in [-0.4, -0.2) is 78.7 Å². The molecule has 10 heteroatoms. The summed E-state index contributed by atoms with van der Waals surface area (Å²) >= 11 is 3.99. The Balaban J connectivity index is 1.37. The fourth-order valence-electron chi connectivity index (χ4n) is 3.68. The number of rotatable bonds is 15. The molecule has 30 heavy (non-hydrogen) atoms. The molecule has 0 spiro atoms. The van der Waals surface area contributed by atoms with Crippen molar-refractivity contribution in [1.29, 1.82) is 0 Å². The maximum atomic E-state index is 11.9. The van der Waals surface area contributed by atoms with Gasteiger partial charge in [-0.3, -0.25) is 14.4 Å². The van der Waals surface area contributed by atoms with Gasteiger partial charge in [0.15, 0.2) is 0 Å². The van der Waals surface area contributed by atoms with E-state index in [2.05, 4.69) is 16.0 Å². The molecule has 2 aliphatic heterocycles. The van der Waals surface area contributed by atoms with Crippen LogP contribution in [0.15, 0.2) is 0 Å². The van der Waals surface area contributed by atoms with Crippen molar-refractivity contribution in [2.45, 2.75) is 49.8 Å². The number of carbonyl (C=O) groups excluding carboxylic acids is 3. The number of piperidine rings is 1. The molecule has 3 amide bonds. The smallest absolute Gasteiger partial charge is 0.229 e. The number of nitrogens with one attached hydrogen (secondary N) is 3. The lowest BCUT2D eigenvalue weighted by Gasteiger charge is -2.29. The lowest BCUT2D eigenvalue weighted by molar-refractivity contribution is -0.124. The summed E-state index contributed by atoms with van der Waals surface area (Å²) in [5.74, 6) is 2.04. The van der Waals surface area contributed by atoms with E-state index in [9.17, 15) is 14.4 Å². The molecule has 3 N–H and O–H groups in total. The van der Waals surface area contributed by atoms with Gasteiger partial charge in [-0.2, -0.15) is 11.8 Å². The van der Waals surface area contributed by atoms with Crippen LogP contribution in [0.4, 0.5) is 0 Å². The van der Waals surface area contributed by atoms with Crippen LogP contribution in [0, 0.1) is 5.92 Å². The Kier molecular flexibility index (Phi) is 13.0. The number of hydrogen-bond acceptors (Lipinski definition) is 6. The number of thioether (sulfide) groups is 1. The van der Waals surface area contributed by atoms with Crippen LogP contribution in [0.5, 0.6) is 0 Å². The number of alkyl halides is 1. The van der Waals surface area contributed by atoms with Crippen LogP contribution in [0.25, 0.3) is 0 Å². The molecule has 0 aromatic heterocycles. The molecular formula is C20H34IN3O5S. The van der Waals surface area contributed by atoms with Crippen LogP contribution in [-0.2, 0) is 23.9 Å².